The lowest BCUT2D eigenvalue weighted by Crippen LogP contribution is -2.15. The molecule has 0 unspecified atom stereocenters. The van der Waals surface area contributed by atoms with Crippen LogP contribution in [-0.2, 0) is 4.74 Å². The fourth-order valence-corrected chi connectivity index (χ4v) is 3.24. The van der Waals surface area contributed by atoms with E-state index in [1.807, 2.05) is 18.4 Å². The fraction of sp³-hybridized carbons (Fsp3) is 0.190. The molecule has 1 aromatic carbocycles. The van der Waals surface area contributed by atoms with Gasteiger partial charge in [0.05, 0.1) is 16.6 Å². The van der Waals surface area contributed by atoms with E-state index in [-0.39, 0.29) is 12.4 Å². The lowest BCUT2D eigenvalue weighted by molar-refractivity contribution is 0.0474. The van der Waals surface area contributed by atoms with Crippen LogP contribution in [0.4, 0.5) is 0 Å². The Morgan fingerprint density at radius 1 is 1.03 bits per heavy atom. The number of ketones is 1. The summed E-state index contributed by atoms with van der Waals surface area (Å²) in [7, 11) is 0. The molecule has 0 saturated carbocycles. The molecule has 0 atom stereocenters. The number of carbonyl (C=O) groups excluding carboxylic acids is 2. The molecule has 146 valence electrons. The summed E-state index contributed by atoms with van der Waals surface area (Å²) in [6.45, 7) is 5.12. The second-order valence-corrected chi connectivity index (χ2v) is 6.68. The predicted octanol–water partition coefficient (Wildman–Crippen LogP) is 3.37. The van der Waals surface area contributed by atoms with Crippen LogP contribution in [-0.4, -0.2) is 38.1 Å². The highest BCUT2D eigenvalue weighted by molar-refractivity contribution is 6.01. The third-order valence-corrected chi connectivity index (χ3v) is 4.62. The molecule has 4 rings (SSSR count). The minimum atomic E-state index is -0.591. The highest BCUT2D eigenvalue weighted by Crippen LogP contribution is 2.21. The van der Waals surface area contributed by atoms with Gasteiger partial charge < -0.3 is 9.26 Å². The predicted molar refractivity (Wildman–Crippen MR) is 104 cm³/mol. The summed E-state index contributed by atoms with van der Waals surface area (Å²) in [6.07, 6.45) is 3.13. The molecule has 4 aromatic rings. The van der Waals surface area contributed by atoms with Crippen LogP contribution < -0.4 is 0 Å². The lowest BCUT2D eigenvalue weighted by Gasteiger charge is -2.06. The van der Waals surface area contributed by atoms with Crippen LogP contribution in [0.15, 0.2) is 47.2 Å². The number of Topliss-reactive ketones (excluding diaryl/α,β-unsaturated/α-hetero) is 1. The quantitative estimate of drug-likeness (QED) is 0.380. The lowest BCUT2D eigenvalue weighted by atomic mass is 10.1. The Hall–Kier alpha value is -3.81. The Morgan fingerprint density at radius 2 is 1.79 bits per heavy atom. The first-order valence-electron chi connectivity index (χ1n) is 8.98. The number of nitrogens with zero attached hydrogens (tertiary/aromatic N) is 4. The van der Waals surface area contributed by atoms with Crippen LogP contribution in [0, 0.1) is 20.8 Å². The van der Waals surface area contributed by atoms with Crippen LogP contribution >= 0.6 is 0 Å². The van der Waals surface area contributed by atoms with Gasteiger partial charge in [0, 0.05) is 35.4 Å². The number of aromatic nitrogens is 4. The van der Waals surface area contributed by atoms with Gasteiger partial charge in [0.25, 0.3) is 0 Å². The zero-order valence-corrected chi connectivity index (χ0v) is 16.2. The van der Waals surface area contributed by atoms with E-state index in [0.717, 1.165) is 5.69 Å². The van der Waals surface area contributed by atoms with Gasteiger partial charge in [-0.2, -0.15) is 0 Å². The summed E-state index contributed by atoms with van der Waals surface area (Å²) in [4.78, 5) is 33.3. The van der Waals surface area contributed by atoms with Crippen molar-refractivity contribution in [3.05, 3.63) is 71.0 Å². The highest BCUT2D eigenvalue weighted by Gasteiger charge is 2.20. The van der Waals surface area contributed by atoms with Crippen LogP contribution in [0.3, 0.4) is 0 Å². The normalized spacial score (nSPS) is 11.0. The Labute approximate surface area is 166 Å². The summed E-state index contributed by atoms with van der Waals surface area (Å²) < 4.78 is 12.2. The van der Waals surface area contributed by atoms with E-state index in [2.05, 4.69) is 15.1 Å². The van der Waals surface area contributed by atoms with Crippen LogP contribution in [0.2, 0.25) is 0 Å². The number of ether oxygens (including phenoxy) is 1. The summed E-state index contributed by atoms with van der Waals surface area (Å²) in [6, 6.07) is 8.42. The number of hydrogen-bond acceptors (Lipinski definition) is 7. The molecule has 0 aliphatic carbocycles. The Morgan fingerprint density at radius 3 is 2.52 bits per heavy atom. The molecule has 0 saturated heterocycles. The second kappa shape index (κ2) is 7.31. The number of aryl methyl sites for hydroxylation is 2. The van der Waals surface area contributed by atoms with Gasteiger partial charge in [-0.1, -0.05) is 5.16 Å². The van der Waals surface area contributed by atoms with Crippen molar-refractivity contribution >= 4 is 22.8 Å². The second-order valence-electron chi connectivity index (χ2n) is 6.68. The summed E-state index contributed by atoms with van der Waals surface area (Å²) >= 11 is 0. The molecule has 0 N–H and O–H groups in total. The summed E-state index contributed by atoms with van der Waals surface area (Å²) in [5.74, 6) is 0.394. The number of fused-ring (bicyclic) bond motifs is 1. The number of esters is 1. The third kappa shape index (κ3) is 3.52. The van der Waals surface area contributed by atoms with Gasteiger partial charge in [-0.3, -0.25) is 19.3 Å². The molecule has 3 heterocycles. The standard InChI is InChI=1S/C21H18N4O4/c1-12-8-16(14(3)25(12)20-9-13(2)29-24-20)19(26)11-28-21(27)15-4-5-17-18(10-15)23-7-6-22-17/h4-10H,11H2,1-3H3. The topological polar surface area (TPSA) is 100 Å². The highest BCUT2D eigenvalue weighted by atomic mass is 16.5. The molecule has 0 amide bonds. The van der Waals surface area contributed by atoms with Crippen LogP contribution in [0.5, 0.6) is 0 Å². The van der Waals surface area contributed by atoms with E-state index in [0.29, 0.717) is 39.4 Å². The number of carbonyl (C=O) groups is 2. The van der Waals surface area contributed by atoms with Gasteiger partial charge in [0.1, 0.15) is 5.76 Å². The van der Waals surface area contributed by atoms with Gasteiger partial charge in [0.2, 0.25) is 5.78 Å². The molecule has 3 aromatic heterocycles. The van der Waals surface area contributed by atoms with Crippen molar-refractivity contribution in [3.8, 4) is 5.82 Å². The number of rotatable bonds is 5. The van der Waals surface area contributed by atoms with Crippen molar-refractivity contribution in [2.45, 2.75) is 20.8 Å². The van der Waals surface area contributed by atoms with E-state index in [1.165, 1.54) is 0 Å². The zero-order valence-electron chi connectivity index (χ0n) is 16.2. The average Bonchev–Trinajstić information content (AvgIpc) is 3.27. The number of benzene rings is 1. The fourth-order valence-electron chi connectivity index (χ4n) is 3.24. The Kier molecular flexibility index (Phi) is 4.67. The molecule has 0 fully saturated rings. The first-order chi connectivity index (χ1) is 13.9. The summed E-state index contributed by atoms with van der Waals surface area (Å²) in [5.41, 5.74) is 3.58. The average molecular weight is 390 g/mol. The maximum atomic E-state index is 12.7. The van der Waals surface area contributed by atoms with Crippen LogP contribution in [0.1, 0.15) is 37.9 Å². The Balaban J connectivity index is 1.50. The molecular formula is C21H18N4O4. The SMILES string of the molecule is Cc1cc(-n2c(C)cc(C(=O)COC(=O)c3ccc4nccnc4c3)c2C)no1. The van der Waals surface area contributed by atoms with Gasteiger partial charge in [-0.25, -0.2) is 4.79 Å². The molecule has 0 aliphatic rings. The zero-order chi connectivity index (χ0) is 20.5. The van der Waals surface area contributed by atoms with E-state index in [9.17, 15) is 9.59 Å². The van der Waals surface area contributed by atoms with Gasteiger partial charge in [-0.15, -0.1) is 0 Å². The molecule has 0 spiro atoms. The van der Waals surface area contributed by atoms with Crippen molar-refractivity contribution in [3.63, 3.8) is 0 Å². The monoisotopic (exact) mass is 390 g/mol. The third-order valence-electron chi connectivity index (χ3n) is 4.62. The van der Waals surface area contributed by atoms with E-state index in [4.69, 9.17) is 9.26 Å². The van der Waals surface area contributed by atoms with Gasteiger partial charge in [0.15, 0.2) is 12.4 Å². The maximum absolute atomic E-state index is 12.7. The molecule has 8 nitrogen and oxygen atoms in total. The largest absolute Gasteiger partial charge is 0.454 e. The number of hydrogen-bond donors (Lipinski definition) is 0. The minimum absolute atomic E-state index is 0.293. The Bertz CT molecular complexity index is 1240. The van der Waals surface area contributed by atoms with Gasteiger partial charge in [-0.05, 0) is 45.0 Å². The van der Waals surface area contributed by atoms with E-state index in [1.54, 1.807) is 49.6 Å². The van der Waals surface area contributed by atoms with Crippen molar-refractivity contribution in [2.75, 3.05) is 6.61 Å². The van der Waals surface area contributed by atoms with Crippen molar-refractivity contribution in [1.29, 1.82) is 0 Å². The maximum Gasteiger partial charge on any atom is 0.338 e. The van der Waals surface area contributed by atoms with Crippen molar-refractivity contribution in [2.24, 2.45) is 0 Å². The molecule has 8 heteroatoms. The molecule has 29 heavy (non-hydrogen) atoms. The molecular weight excluding hydrogens is 372 g/mol. The molecule has 0 aliphatic heterocycles. The van der Waals surface area contributed by atoms with Crippen molar-refractivity contribution < 1.29 is 18.8 Å². The molecule has 0 radical (unpaired) electrons. The first kappa shape index (κ1) is 18.5. The smallest absolute Gasteiger partial charge is 0.338 e. The van der Waals surface area contributed by atoms with E-state index < -0.39 is 5.97 Å². The summed E-state index contributed by atoms with van der Waals surface area (Å²) in [5, 5.41) is 4.00. The van der Waals surface area contributed by atoms with Crippen LogP contribution in [0.25, 0.3) is 16.9 Å². The molecule has 0 bridgehead atoms. The van der Waals surface area contributed by atoms with E-state index >= 15 is 0 Å². The van der Waals surface area contributed by atoms with Gasteiger partial charge >= 0.3 is 5.97 Å². The first-order valence-corrected chi connectivity index (χ1v) is 8.98. The van der Waals surface area contributed by atoms with Crippen molar-refractivity contribution in [1.82, 2.24) is 19.7 Å². The minimum Gasteiger partial charge on any atom is -0.454 e.